The summed E-state index contributed by atoms with van der Waals surface area (Å²) in [5.74, 6) is 3.14. The molecular weight excluding hydrogens is 266 g/mol. The number of hydrogen-bond acceptors (Lipinski definition) is 4. The van der Waals surface area contributed by atoms with Crippen LogP contribution < -0.4 is 14.8 Å². The number of fused-ring (bicyclic) bond motifs is 2. The molecule has 2 saturated carbocycles. The zero-order valence-corrected chi connectivity index (χ0v) is 12.6. The fraction of sp³-hybridized carbons (Fsp3) is 0.647. The van der Waals surface area contributed by atoms with Crippen molar-refractivity contribution in [3.63, 3.8) is 0 Å². The van der Waals surface area contributed by atoms with Gasteiger partial charge in [0.15, 0.2) is 11.5 Å². The number of nitrogens with one attached hydrogen (secondary N) is 1. The van der Waals surface area contributed by atoms with Crippen molar-refractivity contribution in [3.8, 4) is 11.5 Å². The highest BCUT2D eigenvalue weighted by atomic mass is 16.5. The van der Waals surface area contributed by atoms with Gasteiger partial charge < -0.3 is 19.9 Å². The van der Waals surface area contributed by atoms with E-state index >= 15 is 0 Å². The summed E-state index contributed by atoms with van der Waals surface area (Å²) in [6, 6.07) is 8.12. The predicted molar refractivity (Wildman–Crippen MR) is 81.7 cm³/mol. The van der Waals surface area contributed by atoms with E-state index in [0.29, 0.717) is 24.1 Å². The molecule has 2 bridgehead atoms. The van der Waals surface area contributed by atoms with Crippen LogP contribution in [0.2, 0.25) is 0 Å². The van der Waals surface area contributed by atoms with Crippen molar-refractivity contribution in [2.45, 2.75) is 37.8 Å². The molecule has 2 N–H and O–H groups in total. The first-order chi connectivity index (χ1) is 10.3. The van der Waals surface area contributed by atoms with Crippen LogP contribution in [0.3, 0.4) is 0 Å². The van der Waals surface area contributed by atoms with Crippen LogP contribution in [-0.4, -0.2) is 37.5 Å². The first-order valence-electron chi connectivity index (χ1n) is 7.93. The molecular formula is C17H25NO3. The number of rotatable bonds is 7. The van der Waals surface area contributed by atoms with Gasteiger partial charge in [-0.1, -0.05) is 18.6 Å². The summed E-state index contributed by atoms with van der Waals surface area (Å²) in [6.45, 7) is 0.886. The zero-order valence-electron chi connectivity index (χ0n) is 12.6. The van der Waals surface area contributed by atoms with Crippen molar-refractivity contribution in [3.05, 3.63) is 24.3 Å². The Morgan fingerprint density at radius 2 is 2.05 bits per heavy atom. The first-order valence-corrected chi connectivity index (χ1v) is 7.93. The molecule has 0 heterocycles. The Morgan fingerprint density at radius 1 is 1.24 bits per heavy atom. The second-order valence-electron chi connectivity index (χ2n) is 6.31. The molecule has 21 heavy (non-hydrogen) atoms. The van der Waals surface area contributed by atoms with E-state index in [1.54, 1.807) is 7.11 Å². The van der Waals surface area contributed by atoms with Gasteiger partial charge in [-0.25, -0.2) is 0 Å². The van der Waals surface area contributed by atoms with Crippen molar-refractivity contribution in [1.82, 2.24) is 5.32 Å². The zero-order chi connectivity index (χ0) is 14.7. The molecule has 2 fully saturated rings. The second kappa shape index (κ2) is 6.67. The van der Waals surface area contributed by atoms with Gasteiger partial charge in [0.1, 0.15) is 12.7 Å². The van der Waals surface area contributed by atoms with E-state index in [1.165, 1.54) is 25.7 Å². The van der Waals surface area contributed by atoms with E-state index in [1.807, 2.05) is 24.3 Å². The van der Waals surface area contributed by atoms with E-state index in [-0.39, 0.29) is 6.61 Å². The quantitative estimate of drug-likeness (QED) is 0.809. The molecule has 2 aliphatic rings. The van der Waals surface area contributed by atoms with E-state index < -0.39 is 6.10 Å². The maximum Gasteiger partial charge on any atom is 0.161 e. The van der Waals surface area contributed by atoms with Crippen molar-refractivity contribution in [2.24, 2.45) is 11.8 Å². The molecule has 116 valence electrons. The fourth-order valence-electron chi connectivity index (χ4n) is 3.77. The maximum absolute atomic E-state index is 10.1. The van der Waals surface area contributed by atoms with Gasteiger partial charge in [-0.05, 0) is 43.2 Å². The molecule has 0 radical (unpaired) electrons. The smallest absolute Gasteiger partial charge is 0.161 e. The van der Waals surface area contributed by atoms with Crippen LogP contribution in [0, 0.1) is 11.8 Å². The van der Waals surface area contributed by atoms with Crippen LogP contribution >= 0.6 is 0 Å². The molecule has 0 spiro atoms. The lowest BCUT2D eigenvalue weighted by atomic mass is 9.95. The lowest BCUT2D eigenvalue weighted by molar-refractivity contribution is 0.0992. The van der Waals surface area contributed by atoms with Gasteiger partial charge in [-0.3, -0.25) is 0 Å². The van der Waals surface area contributed by atoms with Crippen LogP contribution in [0.5, 0.6) is 11.5 Å². The summed E-state index contributed by atoms with van der Waals surface area (Å²) >= 11 is 0. The monoisotopic (exact) mass is 291 g/mol. The van der Waals surface area contributed by atoms with Gasteiger partial charge in [0.2, 0.25) is 0 Å². The van der Waals surface area contributed by atoms with Crippen LogP contribution in [0.15, 0.2) is 24.3 Å². The van der Waals surface area contributed by atoms with Crippen molar-refractivity contribution >= 4 is 0 Å². The third kappa shape index (κ3) is 3.50. The first kappa shape index (κ1) is 14.7. The van der Waals surface area contributed by atoms with Gasteiger partial charge in [-0.2, -0.15) is 0 Å². The lowest BCUT2D eigenvalue weighted by Gasteiger charge is -2.24. The lowest BCUT2D eigenvalue weighted by Crippen LogP contribution is -2.40. The Bertz CT molecular complexity index is 465. The summed E-state index contributed by atoms with van der Waals surface area (Å²) < 4.78 is 10.9. The molecule has 4 heteroatoms. The van der Waals surface area contributed by atoms with Crippen molar-refractivity contribution in [1.29, 1.82) is 0 Å². The molecule has 3 rings (SSSR count). The predicted octanol–water partition coefficient (Wildman–Crippen LogP) is 2.21. The number of aliphatic hydroxyl groups is 1. The summed E-state index contributed by atoms with van der Waals surface area (Å²) in [7, 11) is 1.62. The Morgan fingerprint density at radius 3 is 2.71 bits per heavy atom. The highest BCUT2D eigenvalue weighted by molar-refractivity contribution is 5.39. The van der Waals surface area contributed by atoms with Gasteiger partial charge in [0.05, 0.1) is 7.11 Å². The largest absolute Gasteiger partial charge is 0.493 e. The Hall–Kier alpha value is -1.26. The molecule has 4 unspecified atom stereocenters. The molecule has 4 atom stereocenters. The Balaban J connectivity index is 1.41. The van der Waals surface area contributed by atoms with Gasteiger partial charge >= 0.3 is 0 Å². The second-order valence-corrected chi connectivity index (χ2v) is 6.31. The summed E-state index contributed by atoms with van der Waals surface area (Å²) in [5.41, 5.74) is 0. The number of benzene rings is 1. The summed E-state index contributed by atoms with van der Waals surface area (Å²) in [6.07, 6.45) is 4.93. The molecule has 1 aromatic carbocycles. The standard InChI is InChI=1S/C17H25NO3/c1-20-16-4-2-3-5-17(16)21-11-14(19)10-18-15-9-12-6-7-13(15)8-12/h2-5,12-15,18-19H,6-11H2,1H3. The molecule has 0 aliphatic heterocycles. The molecule has 0 saturated heterocycles. The normalized spacial score (nSPS) is 28.6. The van der Waals surface area contributed by atoms with Crippen LogP contribution in [0.4, 0.5) is 0 Å². The molecule has 2 aliphatic carbocycles. The molecule has 0 amide bonds. The number of methoxy groups -OCH3 is 1. The third-order valence-corrected chi connectivity index (χ3v) is 4.85. The molecule has 4 nitrogen and oxygen atoms in total. The average molecular weight is 291 g/mol. The third-order valence-electron chi connectivity index (χ3n) is 4.85. The van der Waals surface area contributed by atoms with Gasteiger partial charge in [-0.15, -0.1) is 0 Å². The van der Waals surface area contributed by atoms with Crippen LogP contribution in [0.25, 0.3) is 0 Å². The van der Waals surface area contributed by atoms with Crippen molar-refractivity contribution in [2.75, 3.05) is 20.3 Å². The highest BCUT2D eigenvalue weighted by Gasteiger charge is 2.39. The van der Waals surface area contributed by atoms with Crippen molar-refractivity contribution < 1.29 is 14.6 Å². The van der Waals surface area contributed by atoms with Crippen LogP contribution in [0.1, 0.15) is 25.7 Å². The minimum absolute atomic E-state index is 0.286. The summed E-state index contributed by atoms with van der Waals surface area (Å²) in [5, 5.41) is 13.6. The van der Waals surface area contributed by atoms with E-state index in [4.69, 9.17) is 9.47 Å². The fourth-order valence-corrected chi connectivity index (χ4v) is 3.77. The minimum atomic E-state index is -0.492. The summed E-state index contributed by atoms with van der Waals surface area (Å²) in [4.78, 5) is 0. The SMILES string of the molecule is COc1ccccc1OCC(O)CNC1CC2CCC1C2. The number of ether oxygens (including phenoxy) is 2. The Kier molecular flexibility index (Phi) is 4.66. The van der Waals surface area contributed by atoms with Crippen LogP contribution in [-0.2, 0) is 0 Å². The van der Waals surface area contributed by atoms with Gasteiger partial charge in [0.25, 0.3) is 0 Å². The van der Waals surface area contributed by atoms with E-state index in [2.05, 4.69) is 5.32 Å². The van der Waals surface area contributed by atoms with Gasteiger partial charge in [0, 0.05) is 12.6 Å². The molecule has 0 aromatic heterocycles. The molecule has 1 aromatic rings. The number of hydrogen-bond donors (Lipinski definition) is 2. The number of aliphatic hydroxyl groups excluding tert-OH is 1. The average Bonchev–Trinajstić information content (AvgIpc) is 3.14. The minimum Gasteiger partial charge on any atom is -0.493 e. The van der Waals surface area contributed by atoms with E-state index in [0.717, 1.165) is 11.8 Å². The maximum atomic E-state index is 10.1. The number of para-hydroxylation sites is 2. The van der Waals surface area contributed by atoms with E-state index in [9.17, 15) is 5.11 Å². The topological polar surface area (TPSA) is 50.7 Å². The Labute approximate surface area is 126 Å². The highest BCUT2D eigenvalue weighted by Crippen LogP contribution is 2.44.